The van der Waals surface area contributed by atoms with Gasteiger partial charge in [-0.3, -0.25) is 9.59 Å². The average Bonchev–Trinajstić information content (AvgIpc) is 3.26. The number of hydrogen-bond donors (Lipinski definition) is 2. The van der Waals surface area contributed by atoms with Crippen LogP contribution in [0.1, 0.15) is 51.4 Å². The first-order chi connectivity index (χ1) is 8.70. The third-order valence-electron chi connectivity index (χ3n) is 4.45. The maximum atomic E-state index is 12.4. The average molecular weight is 250 g/mol. The molecule has 3 saturated carbocycles. The van der Waals surface area contributed by atoms with E-state index in [1.807, 2.05) is 0 Å². The predicted molar refractivity (Wildman–Crippen MR) is 67.8 cm³/mol. The van der Waals surface area contributed by atoms with E-state index in [2.05, 4.69) is 10.6 Å². The zero-order valence-electron chi connectivity index (χ0n) is 10.8. The minimum atomic E-state index is -0.589. The van der Waals surface area contributed by atoms with Crippen molar-refractivity contribution in [2.75, 3.05) is 6.54 Å². The van der Waals surface area contributed by atoms with Gasteiger partial charge in [0.25, 0.3) is 0 Å². The summed E-state index contributed by atoms with van der Waals surface area (Å²) in [7, 11) is 0. The maximum absolute atomic E-state index is 12.4. The van der Waals surface area contributed by atoms with Gasteiger partial charge < -0.3 is 10.6 Å². The van der Waals surface area contributed by atoms with Crippen molar-refractivity contribution in [2.24, 2.45) is 11.8 Å². The van der Waals surface area contributed by atoms with Crippen LogP contribution in [-0.2, 0) is 9.59 Å². The zero-order valence-corrected chi connectivity index (χ0v) is 10.8. The van der Waals surface area contributed by atoms with Crippen LogP contribution in [-0.4, -0.2) is 23.9 Å². The van der Waals surface area contributed by atoms with Crippen molar-refractivity contribution in [3.63, 3.8) is 0 Å². The fourth-order valence-corrected chi connectivity index (χ4v) is 2.80. The fourth-order valence-electron chi connectivity index (χ4n) is 2.80. The molecule has 2 amide bonds. The van der Waals surface area contributed by atoms with Crippen LogP contribution in [0, 0.1) is 11.8 Å². The maximum Gasteiger partial charge on any atom is 0.245 e. The summed E-state index contributed by atoms with van der Waals surface area (Å²) < 4.78 is 0. The van der Waals surface area contributed by atoms with Crippen molar-refractivity contribution < 1.29 is 9.59 Å². The van der Waals surface area contributed by atoms with Crippen molar-refractivity contribution in [3.05, 3.63) is 0 Å². The molecule has 4 nitrogen and oxygen atoms in total. The third-order valence-corrected chi connectivity index (χ3v) is 4.45. The van der Waals surface area contributed by atoms with Crippen molar-refractivity contribution in [3.8, 4) is 0 Å². The van der Waals surface area contributed by atoms with Crippen LogP contribution < -0.4 is 10.6 Å². The van der Waals surface area contributed by atoms with Crippen molar-refractivity contribution in [2.45, 2.75) is 56.9 Å². The Balaban J connectivity index is 1.60. The van der Waals surface area contributed by atoms with Crippen LogP contribution in [0.15, 0.2) is 0 Å². The fraction of sp³-hybridized carbons (Fsp3) is 0.857. The standard InChI is InChI=1S/C14H22N2O2/c17-12(11-5-6-11)16-14(7-1-2-8-14)13(18)15-9-10-3-4-10/h10-11H,1-9H2,(H,15,18)(H,16,17). The van der Waals surface area contributed by atoms with Gasteiger partial charge in [-0.25, -0.2) is 0 Å². The van der Waals surface area contributed by atoms with Crippen LogP contribution in [0.5, 0.6) is 0 Å². The number of amides is 2. The van der Waals surface area contributed by atoms with E-state index in [0.29, 0.717) is 5.92 Å². The molecule has 0 radical (unpaired) electrons. The molecule has 3 rings (SSSR count). The molecular weight excluding hydrogens is 228 g/mol. The topological polar surface area (TPSA) is 58.2 Å². The van der Waals surface area contributed by atoms with Gasteiger partial charge in [0.2, 0.25) is 11.8 Å². The highest BCUT2D eigenvalue weighted by Gasteiger charge is 2.45. The number of rotatable bonds is 5. The largest absolute Gasteiger partial charge is 0.354 e. The molecule has 0 aromatic carbocycles. The Bertz CT molecular complexity index is 353. The Morgan fingerprint density at radius 3 is 2.28 bits per heavy atom. The molecule has 0 heterocycles. The molecular formula is C14H22N2O2. The van der Waals surface area contributed by atoms with Gasteiger partial charge in [0, 0.05) is 12.5 Å². The van der Waals surface area contributed by atoms with E-state index in [-0.39, 0.29) is 17.7 Å². The first-order valence-corrected chi connectivity index (χ1v) is 7.30. The summed E-state index contributed by atoms with van der Waals surface area (Å²) in [5.74, 6) is 1.02. The second-order valence-electron chi connectivity index (χ2n) is 6.21. The van der Waals surface area contributed by atoms with E-state index < -0.39 is 5.54 Å². The van der Waals surface area contributed by atoms with Crippen molar-refractivity contribution >= 4 is 11.8 Å². The second kappa shape index (κ2) is 4.56. The minimum absolute atomic E-state index is 0.0564. The lowest BCUT2D eigenvalue weighted by Crippen LogP contribution is -2.57. The zero-order chi connectivity index (χ0) is 12.6. The van der Waals surface area contributed by atoms with Crippen LogP contribution in [0.3, 0.4) is 0 Å². The highest BCUT2D eigenvalue weighted by molar-refractivity contribution is 5.93. The van der Waals surface area contributed by atoms with E-state index >= 15 is 0 Å². The summed E-state index contributed by atoms with van der Waals surface area (Å²) in [4.78, 5) is 24.3. The Hall–Kier alpha value is -1.06. The summed E-state index contributed by atoms with van der Waals surface area (Å²) in [6.07, 6.45) is 8.16. The number of nitrogens with one attached hydrogen (secondary N) is 2. The molecule has 3 aliphatic carbocycles. The molecule has 2 N–H and O–H groups in total. The number of carbonyl (C=O) groups excluding carboxylic acids is 2. The lowest BCUT2D eigenvalue weighted by atomic mass is 9.95. The molecule has 0 aromatic rings. The third kappa shape index (κ3) is 2.52. The summed E-state index contributed by atoms with van der Waals surface area (Å²) in [6.45, 7) is 0.792. The summed E-state index contributed by atoms with van der Waals surface area (Å²) in [5, 5.41) is 6.09. The highest BCUT2D eigenvalue weighted by Crippen LogP contribution is 2.34. The van der Waals surface area contributed by atoms with Crippen molar-refractivity contribution in [1.82, 2.24) is 10.6 Å². The van der Waals surface area contributed by atoms with Crippen LogP contribution in [0.2, 0.25) is 0 Å². The molecule has 0 unspecified atom stereocenters. The molecule has 18 heavy (non-hydrogen) atoms. The van der Waals surface area contributed by atoms with E-state index in [4.69, 9.17) is 0 Å². The van der Waals surface area contributed by atoms with Gasteiger partial charge in [0.15, 0.2) is 0 Å². The van der Waals surface area contributed by atoms with Crippen LogP contribution in [0.25, 0.3) is 0 Å². The molecule has 0 aliphatic heterocycles. The van der Waals surface area contributed by atoms with Gasteiger partial charge in [0.1, 0.15) is 5.54 Å². The van der Waals surface area contributed by atoms with Crippen molar-refractivity contribution in [1.29, 1.82) is 0 Å². The minimum Gasteiger partial charge on any atom is -0.354 e. The molecule has 0 atom stereocenters. The Morgan fingerprint density at radius 2 is 1.72 bits per heavy atom. The summed E-state index contributed by atoms with van der Waals surface area (Å²) >= 11 is 0. The molecule has 0 aromatic heterocycles. The van der Waals surface area contributed by atoms with Gasteiger partial charge in [-0.2, -0.15) is 0 Å². The van der Waals surface area contributed by atoms with Gasteiger partial charge in [-0.1, -0.05) is 12.8 Å². The Kier molecular flexibility index (Phi) is 3.04. The molecule has 3 aliphatic rings. The Morgan fingerprint density at radius 1 is 1.06 bits per heavy atom. The number of carbonyl (C=O) groups is 2. The number of hydrogen-bond acceptors (Lipinski definition) is 2. The van der Waals surface area contributed by atoms with E-state index in [9.17, 15) is 9.59 Å². The smallest absolute Gasteiger partial charge is 0.245 e. The monoisotopic (exact) mass is 250 g/mol. The van der Waals surface area contributed by atoms with E-state index in [1.54, 1.807) is 0 Å². The van der Waals surface area contributed by atoms with Gasteiger partial charge in [0.05, 0.1) is 0 Å². The summed E-state index contributed by atoms with van der Waals surface area (Å²) in [5.41, 5.74) is -0.589. The van der Waals surface area contributed by atoms with Gasteiger partial charge >= 0.3 is 0 Å². The quantitative estimate of drug-likeness (QED) is 0.774. The SMILES string of the molecule is O=C(NC1(C(=O)NCC2CC2)CCCC1)C1CC1. The van der Waals surface area contributed by atoms with Gasteiger partial charge in [-0.15, -0.1) is 0 Å². The molecule has 100 valence electrons. The highest BCUT2D eigenvalue weighted by atomic mass is 16.2. The van der Waals surface area contributed by atoms with E-state index in [1.165, 1.54) is 12.8 Å². The molecule has 0 bridgehead atoms. The van der Waals surface area contributed by atoms with Gasteiger partial charge in [-0.05, 0) is 44.4 Å². The lowest BCUT2D eigenvalue weighted by molar-refractivity contribution is -0.134. The second-order valence-corrected chi connectivity index (χ2v) is 6.21. The normalized spacial score (nSPS) is 25.8. The first kappa shape index (κ1) is 12.0. The van der Waals surface area contributed by atoms with Crippen LogP contribution in [0.4, 0.5) is 0 Å². The molecule has 0 saturated heterocycles. The van der Waals surface area contributed by atoms with Crippen LogP contribution >= 0.6 is 0 Å². The molecule has 3 fully saturated rings. The summed E-state index contributed by atoms with van der Waals surface area (Å²) in [6, 6.07) is 0. The lowest BCUT2D eigenvalue weighted by Gasteiger charge is -2.29. The predicted octanol–water partition coefficient (Wildman–Crippen LogP) is 1.35. The van der Waals surface area contributed by atoms with E-state index in [0.717, 1.165) is 45.1 Å². The molecule has 4 heteroatoms. The first-order valence-electron chi connectivity index (χ1n) is 7.30. The molecule has 0 spiro atoms. The Labute approximate surface area is 108 Å².